The summed E-state index contributed by atoms with van der Waals surface area (Å²) in [6, 6.07) is 13.2. The number of ether oxygens (including phenoxy) is 5. The van der Waals surface area contributed by atoms with Crippen LogP contribution in [0.2, 0.25) is 0 Å². The van der Waals surface area contributed by atoms with Gasteiger partial charge >= 0.3 is 12.1 Å². The molecule has 0 saturated heterocycles. The summed E-state index contributed by atoms with van der Waals surface area (Å²) in [4.78, 5) is 11.7. The zero-order valence-electron chi connectivity index (χ0n) is 21.9. The Morgan fingerprint density at radius 3 is 2.46 bits per heavy atom. The average molecular weight is 543 g/mol. The summed E-state index contributed by atoms with van der Waals surface area (Å²) < 4.78 is 69.9. The molecule has 0 spiro atoms. The molecule has 0 amide bonds. The van der Waals surface area contributed by atoms with Gasteiger partial charge in [-0.05, 0) is 59.9 Å². The molecule has 9 heteroatoms. The van der Waals surface area contributed by atoms with Crippen LogP contribution in [0, 0.1) is 0 Å². The Bertz CT molecular complexity index is 1380. The van der Waals surface area contributed by atoms with Crippen LogP contribution in [0.3, 0.4) is 0 Å². The van der Waals surface area contributed by atoms with Crippen molar-refractivity contribution in [3.8, 4) is 23.0 Å². The molecule has 0 aromatic heterocycles. The second-order valence-corrected chi connectivity index (χ2v) is 9.64. The molecule has 1 aliphatic heterocycles. The van der Waals surface area contributed by atoms with Crippen LogP contribution < -0.4 is 18.9 Å². The van der Waals surface area contributed by atoms with Crippen molar-refractivity contribution in [1.82, 2.24) is 0 Å². The number of hydrogen-bond donors (Lipinski definition) is 0. The topological polar surface area (TPSA) is 63.2 Å². The van der Waals surface area contributed by atoms with Gasteiger partial charge < -0.3 is 23.7 Å². The first-order valence-electron chi connectivity index (χ1n) is 12.6. The normalized spacial score (nSPS) is 17.7. The third-order valence-corrected chi connectivity index (χ3v) is 7.41. The second-order valence-electron chi connectivity index (χ2n) is 9.64. The first-order chi connectivity index (χ1) is 18.7. The highest BCUT2D eigenvalue weighted by molar-refractivity contribution is 5.71. The molecule has 5 rings (SSSR count). The van der Waals surface area contributed by atoms with E-state index in [0.29, 0.717) is 53.6 Å². The fourth-order valence-corrected chi connectivity index (χ4v) is 5.49. The average Bonchev–Trinajstić information content (AvgIpc) is 3.52. The van der Waals surface area contributed by atoms with Crippen LogP contribution in [-0.2, 0) is 28.5 Å². The van der Waals surface area contributed by atoms with Gasteiger partial charge in [0.25, 0.3) is 0 Å². The van der Waals surface area contributed by atoms with Crippen molar-refractivity contribution in [3.05, 3.63) is 81.9 Å². The molecule has 1 unspecified atom stereocenters. The molecule has 0 fully saturated rings. The molecule has 0 bridgehead atoms. The summed E-state index contributed by atoms with van der Waals surface area (Å²) in [5.41, 5.74) is 2.47. The minimum Gasteiger partial charge on any atom is -0.497 e. The van der Waals surface area contributed by atoms with E-state index in [4.69, 9.17) is 23.7 Å². The number of fused-ring (bicyclic) bond motifs is 2. The minimum atomic E-state index is -4.51. The Labute approximate surface area is 224 Å². The first-order valence-corrected chi connectivity index (χ1v) is 12.6. The van der Waals surface area contributed by atoms with Crippen LogP contribution in [0.5, 0.6) is 23.0 Å². The van der Waals surface area contributed by atoms with Gasteiger partial charge in [0, 0.05) is 29.5 Å². The Kier molecular flexibility index (Phi) is 7.34. The molecule has 2 aliphatic rings. The maximum atomic E-state index is 14.1. The Balaban J connectivity index is 1.44. The smallest absolute Gasteiger partial charge is 0.416 e. The van der Waals surface area contributed by atoms with Gasteiger partial charge in [-0.2, -0.15) is 13.2 Å². The second kappa shape index (κ2) is 10.7. The molecule has 1 aliphatic carbocycles. The Morgan fingerprint density at radius 2 is 1.74 bits per heavy atom. The van der Waals surface area contributed by atoms with Gasteiger partial charge in [0.1, 0.15) is 29.1 Å². The quantitative estimate of drug-likeness (QED) is 0.306. The van der Waals surface area contributed by atoms with E-state index in [9.17, 15) is 18.0 Å². The van der Waals surface area contributed by atoms with Crippen molar-refractivity contribution in [2.24, 2.45) is 0 Å². The third-order valence-electron chi connectivity index (χ3n) is 7.41. The molecular weight excluding hydrogens is 513 g/mol. The van der Waals surface area contributed by atoms with Crippen molar-refractivity contribution in [2.45, 2.75) is 43.9 Å². The van der Waals surface area contributed by atoms with Crippen LogP contribution in [0.1, 0.15) is 58.2 Å². The summed E-state index contributed by atoms with van der Waals surface area (Å²) in [6.45, 7) is 0.372. The molecule has 0 N–H and O–H groups in total. The molecular formula is C30H29F3O6. The lowest BCUT2D eigenvalue weighted by Crippen LogP contribution is -2.13. The number of benzene rings is 3. The fourth-order valence-electron chi connectivity index (χ4n) is 5.49. The first kappa shape index (κ1) is 26.7. The summed E-state index contributed by atoms with van der Waals surface area (Å²) >= 11 is 0. The van der Waals surface area contributed by atoms with Crippen LogP contribution in [-0.4, -0.2) is 33.9 Å². The molecule has 1 heterocycles. The third kappa shape index (κ3) is 5.35. The number of halogens is 3. The van der Waals surface area contributed by atoms with Gasteiger partial charge in [0.05, 0.1) is 39.9 Å². The Hall–Kier alpha value is -3.88. The maximum absolute atomic E-state index is 14.1. The molecule has 6 nitrogen and oxygen atoms in total. The molecule has 2 atom stereocenters. The summed E-state index contributed by atoms with van der Waals surface area (Å²) in [5, 5.41) is 0. The van der Waals surface area contributed by atoms with E-state index in [1.807, 2.05) is 12.1 Å². The highest BCUT2D eigenvalue weighted by atomic mass is 19.4. The van der Waals surface area contributed by atoms with Crippen molar-refractivity contribution in [2.75, 3.05) is 27.9 Å². The van der Waals surface area contributed by atoms with Gasteiger partial charge in [-0.25, -0.2) is 0 Å². The summed E-state index contributed by atoms with van der Waals surface area (Å²) in [6.07, 6.45) is -3.65. The van der Waals surface area contributed by atoms with Crippen LogP contribution >= 0.6 is 0 Å². The fraction of sp³-hybridized carbons (Fsp3) is 0.367. The lowest BCUT2D eigenvalue weighted by atomic mass is 9.91. The van der Waals surface area contributed by atoms with E-state index >= 15 is 0 Å². The molecule has 206 valence electrons. The van der Waals surface area contributed by atoms with Gasteiger partial charge in [0.15, 0.2) is 0 Å². The maximum Gasteiger partial charge on any atom is 0.416 e. The highest BCUT2D eigenvalue weighted by Crippen LogP contribution is 2.45. The van der Waals surface area contributed by atoms with Crippen molar-refractivity contribution < 1.29 is 41.7 Å². The van der Waals surface area contributed by atoms with Gasteiger partial charge in [-0.3, -0.25) is 4.79 Å². The van der Waals surface area contributed by atoms with E-state index in [1.54, 1.807) is 24.3 Å². The van der Waals surface area contributed by atoms with Gasteiger partial charge in [0.2, 0.25) is 0 Å². The number of rotatable bonds is 8. The molecule has 39 heavy (non-hydrogen) atoms. The number of alkyl halides is 3. The zero-order valence-corrected chi connectivity index (χ0v) is 21.9. The number of carbonyl (C=O) groups is 1. The van der Waals surface area contributed by atoms with E-state index in [0.717, 1.165) is 17.2 Å². The predicted octanol–water partition coefficient (Wildman–Crippen LogP) is 6.42. The number of hydrogen-bond acceptors (Lipinski definition) is 6. The summed E-state index contributed by atoms with van der Waals surface area (Å²) in [7, 11) is 4.36. The number of carbonyl (C=O) groups excluding carboxylic acids is 1. The molecule has 0 saturated carbocycles. The zero-order chi connectivity index (χ0) is 27.7. The van der Waals surface area contributed by atoms with Gasteiger partial charge in [-0.1, -0.05) is 12.1 Å². The van der Waals surface area contributed by atoms with E-state index < -0.39 is 17.8 Å². The monoisotopic (exact) mass is 542 g/mol. The molecule has 3 aromatic rings. The van der Waals surface area contributed by atoms with Crippen molar-refractivity contribution in [3.63, 3.8) is 0 Å². The number of methoxy groups -OCH3 is 3. The van der Waals surface area contributed by atoms with Crippen LogP contribution in [0.4, 0.5) is 13.2 Å². The Morgan fingerprint density at radius 1 is 0.974 bits per heavy atom. The minimum absolute atomic E-state index is 0.0410. The number of esters is 1. The SMILES string of the molecule is COC(=O)CC1COc2cc(O[C@@H]3CCc4c3ccc(C(F)(F)F)c4Cc3cc(OC)ccc3OC)ccc21. The lowest BCUT2D eigenvalue weighted by Gasteiger charge is -2.20. The highest BCUT2D eigenvalue weighted by Gasteiger charge is 2.38. The lowest BCUT2D eigenvalue weighted by molar-refractivity contribution is -0.141. The van der Waals surface area contributed by atoms with E-state index in [-0.39, 0.29) is 30.3 Å². The predicted molar refractivity (Wildman–Crippen MR) is 137 cm³/mol. The largest absolute Gasteiger partial charge is 0.497 e. The van der Waals surface area contributed by atoms with Crippen LogP contribution in [0.25, 0.3) is 0 Å². The van der Waals surface area contributed by atoms with Crippen molar-refractivity contribution >= 4 is 5.97 Å². The van der Waals surface area contributed by atoms with Gasteiger partial charge in [-0.15, -0.1) is 0 Å². The molecule has 3 aromatic carbocycles. The van der Waals surface area contributed by atoms with Crippen molar-refractivity contribution in [1.29, 1.82) is 0 Å². The standard InChI is InChI=1S/C30H29F3O6/c1-35-19-5-10-26(36-2)17(12-19)13-24-22-8-11-27(23(22)7-9-25(24)30(31,32)33)39-20-4-6-21-18(14-29(34)37-3)16-38-28(21)15-20/h4-7,9-10,12,15,18,27H,8,11,13-14,16H2,1-3H3/t18?,27-/m1/s1. The molecule has 0 radical (unpaired) electrons. The van der Waals surface area contributed by atoms with E-state index in [1.165, 1.54) is 27.4 Å². The van der Waals surface area contributed by atoms with Crippen LogP contribution in [0.15, 0.2) is 48.5 Å². The van der Waals surface area contributed by atoms with E-state index in [2.05, 4.69) is 0 Å². The summed E-state index contributed by atoms with van der Waals surface area (Å²) in [5.74, 6) is 1.83.